The molecule has 56 heavy (non-hydrogen) atoms. The number of aliphatic carboxylic acids is 1. The Hall–Kier alpha value is -4.76. The quantitative estimate of drug-likeness (QED) is 0.0731. The van der Waals surface area contributed by atoms with Gasteiger partial charge in [0.05, 0.1) is 17.3 Å². The van der Waals surface area contributed by atoms with Crippen LogP contribution in [-0.4, -0.2) is 74.5 Å². The molecular formula is C43H48IN5O7. The van der Waals surface area contributed by atoms with E-state index in [1.54, 1.807) is 6.07 Å². The number of likely N-dealkylation sites (tertiary alicyclic amines) is 1. The second kappa shape index (κ2) is 16.4. The number of carbonyl (C=O) groups is 3. The van der Waals surface area contributed by atoms with Gasteiger partial charge in [-0.25, -0.2) is 24.8 Å². The third-order valence-corrected chi connectivity index (χ3v) is 11.6. The Morgan fingerprint density at radius 2 is 1.71 bits per heavy atom. The third kappa shape index (κ3) is 8.48. The largest absolute Gasteiger partial charge is 0.480 e. The van der Waals surface area contributed by atoms with Crippen LogP contribution in [0.15, 0.2) is 101 Å². The summed E-state index contributed by atoms with van der Waals surface area (Å²) in [5, 5.41) is 14.4. The lowest BCUT2D eigenvalue weighted by molar-refractivity contribution is -0.148. The van der Waals surface area contributed by atoms with E-state index in [2.05, 4.69) is 38.4 Å². The molecule has 3 fully saturated rings. The van der Waals surface area contributed by atoms with Crippen LogP contribution < -0.4 is 10.8 Å². The first kappa shape index (κ1) is 39.5. The van der Waals surface area contributed by atoms with Crippen molar-refractivity contribution in [1.29, 1.82) is 0 Å². The molecule has 3 aliphatic rings. The number of hydrogen-bond donors (Lipinski definition) is 3. The van der Waals surface area contributed by atoms with E-state index in [1.165, 1.54) is 6.26 Å². The van der Waals surface area contributed by atoms with Crippen molar-refractivity contribution in [3.63, 3.8) is 0 Å². The first-order valence-electron chi connectivity index (χ1n) is 19.2. The lowest BCUT2D eigenvalue weighted by Gasteiger charge is -2.52. The average Bonchev–Trinajstić information content (AvgIpc) is 3.93. The van der Waals surface area contributed by atoms with Crippen LogP contribution in [0.4, 0.5) is 10.5 Å². The number of carboxylic acid groups (broad SMARTS) is 1. The summed E-state index contributed by atoms with van der Waals surface area (Å²) in [6.45, 7) is 6.84. The molecule has 0 bridgehead atoms. The number of carboxylic acids is 1. The molecule has 4 aromatic rings. The fourth-order valence-corrected chi connectivity index (χ4v) is 8.96. The molecule has 294 valence electrons. The molecule has 1 spiro atoms. The molecule has 1 aliphatic carbocycles. The minimum absolute atomic E-state index is 0.205. The van der Waals surface area contributed by atoms with Crippen LogP contribution in [0.2, 0.25) is 0 Å². The molecule has 12 nitrogen and oxygen atoms in total. The maximum absolute atomic E-state index is 13.9. The maximum Gasteiger partial charge on any atom is 0.410 e. The molecule has 13 heteroatoms. The molecule has 3 atom stereocenters. The number of halogens is 1. The van der Waals surface area contributed by atoms with Crippen LogP contribution >= 0.6 is 22.6 Å². The van der Waals surface area contributed by atoms with Crippen molar-refractivity contribution in [3.05, 3.63) is 117 Å². The van der Waals surface area contributed by atoms with Crippen LogP contribution in [0.3, 0.4) is 0 Å². The number of benzene rings is 3. The Labute approximate surface area is 340 Å². The van der Waals surface area contributed by atoms with Gasteiger partial charge in [0.25, 0.3) is 0 Å². The van der Waals surface area contributed by atoms with Crippen LogP contribution in [0, 0.1) is 9.62 Å². The second-order valence-electron chi connectivity index (χ2n) is 16.1. The Morgan fingerprint density at radius 3 is 2.36 bits per heavy atom. The number of amides is 1. The number of aliphatic imine (C=N–C) groups is 1. The average molecular weight is 874 g/mol. The van der Waals surface area contributed by atoms with Crippen molar-refractivity contribution in [2.75, 3.05) is 18.6 Å². The number of oxazole rings is 1. The van der Waals surface area contributed by atoms with E-state index in [0.717, 1.165) is 24.8 Å². The third-order valence-electron chi connectivity index (χ3n) is 11.1. The predicted molar refractivity (Wildman–Crippen MR) is 219 cm³/mol. The number of carbonyl (C=O) groups excluding carboxylic acids is 2. The SMILES string of the molecule is CC(C)(C)OC(=O)N1CCCC12CC([C@H](c1nc(I)co1)[C@H](N=C(c1ccccc1)c1ccccc1NOC(=O)C1(Cc3ccccc3)CCCN1)C(=O)O)C2. The molecule has 2 saturated heterocycles. The molecule has 1 amide bonds. The van der Waals surface area contributed by atoms with Crippen molar-refractivity contribution < 1.29 is 33.5 Å². The number of para-hydroxylation sites is 1. The van der Waals surface area contributed by atoms with Crippen molar-refractivity contribution in [3.8, 4) is 0 Å². The first-order valence-corrected chi connectivity index (χ1v) is 20.3. The van der Waals surface area contributed by atoms with Gasteiger partial charge in [0.2, 0.25) is 5.89 Å². The smallest absolute Gasteiger partial charge is 0.410 e. The number of aromatic nitrogens is 1. The normalized spacial score (nSPS) is 23.3. The highest BCUT2D eigenvalue weighted by Gasteiger charge is 2.58. The van der Waals surface area contributed by atoms with Crippen LogP contribution in [0.5, 0.6) is 0 Å². The minimum atomic E-state index is -1.31. The second-order valence-corrected chi connectivity index (χ2v) is 17.2. The molecule has 3 aromatic carbocycles. The van der Waals surface area contributed by atoms with Gasteiger partial charge in [-0.2, -0.15) is 0 Å². The number of ether oxygens (including phenoxy) is 1. The van der Waals surface area contributed by atoms with E-state index in [0.29, 0.717) is 65.0 Å². The number of nitrogens with one attached hydrogen (secondary N) is 2. The van der Waals surface area contributed by atoms with Gasteiger partial charge in [0.1, 0.15) is 21.1 Å². The highest BCUT2D eigenvalue weighted by atomic mass is 127. The summed E-state index contributed by atoms with van der Waals surface area (Å²) in [7, 11) is 0. The van der Waals surface area contributed by atoms with E-state index in [9.17, 15) is 19.5 Å². The summed E-state index contributed by atoms with van der Waals surface area (Å²) in [6, 6.07) is 25.1. The standard InChI is InChI=1S/C43H48IN5O7/c1-41(2,3)55-40(53)49-23-13-20-42(49)25-30(26-42)34(37-46-33(44)27-54-37)36(38(50)51)47-35(29-16-8-5-9-17-29)31-18-10-11-19-32(31)48-56-39(52)43(21-12-22-45-43)24-28-14-6-4-7-15-28/h4-11,14-19,27,30,34,36,45,48H,12-13,20-26H2,1-3H3,(H,50,51)/t30?,34-,36-,42?,43?/m0/s1. The van der Waals surface area contributed by atoms with Crippen molar-refractivity contribution in [2.45, 2.75) is 94.4 Å². The summed E-state index contributed by atoms with van der Waals surface area (Å²) < 4.78 is 12.3. The van der Waals surface area contributed by atoms with E-state index < -0.39 is 40.6 Å². The van der Waals surface area contributed by atoms with Gasteiger partial charge < -0.3 is 29.3 Å². The van der Waals surface area contributed by atoms with Crippen LogP contribution in [-0.2, 0) is 25.6 Å². The molecular weight excluding hydrogens is 825 g/mol. The fourth-order valence-electron chi connectivity index (χ4n) is 8.60. The summed E-state index contributed by atoms with van der Waals surface area (Å²) in [5.74, 6) is -2.23. The zero-order valence-corrected chi connectivity index (χ0v) is 34.0. The highest BCUT2D eigenvalue weighted by molar-refractivity contribution is 14.1. The highest BCUT2D eigenvalue weighted by Crippen LogP contribution is 2.55. The summed E-state index contributed by atoms with van der Waals surface area (Å²) in [6.07, 6.45) is 5.86. The van der Waals surface area contributed by atoms with Gasteiger partial charge >= 0.3 is 18.0 Å². The summed E-state index contributed by atoms with van der Waals surface area (Å²) >= 11 is 2.06. The monoisotopic (exact) mass is 873 g/mol. The minimum Gasteiger partial charge on any atom is -0.480 e. The van der Waals surface area contributed by atoms with Crippen molar-refractivity contribution in [2.24, 2.45) is 10.9 Å². The molecule has 1 unspecified atom stereocenters. The van der Waals surface area contributed by atoms with Gasteiger partial charge in [-0.15, -0.1) is 0 Å². The number of nitrogens with zero attached hydrogens (tertiary/aromatic N) is 3. The molecule has 3 N–H and O–H groups in total. The Bertz CT molecular complexity index is 2050. The van der Waals surface area contributed by atoms with E-state index in [1.807, 2.05) is 105 Å². The zero-order valence-electron chi connectivity index (χ0n) is 31.9. The first-order chi connectivity index (χ1) is 26.9. The van der Waals surface area contributed by atoms with E-state index in [4.69, 9.17) is 19.0 Å². The van der Waals surface area contributed by atoms with E-state index >= 15 is 0 Å². The fraction of sp³-hybridized carbons (Fsp3) is 0.419. The van der Waals surface area contributed by atoms with Gasteiger partial charge in [-0.1, -0.05) is 78.9 Å². The molecule has 1 aromatic heterocycles. The lowest BCUT2D eigenvalue weighted by atomic mass is 9.60. The van der Waals surface area contributed by atoms with Crippen molar-refractivity contribution >= 4 is 52.0 Å². The zero-order chi connectivity index (χ0) is 39.5. The Morgan fingerprint density at radius 1 is 1.02 bits per heavy atom. The van der Waals surface area contributed by atoms with E-state index in [-0.39, 0.29) is 17.9 Å². The summed E-state index contributed by atoms with van der Waals surface area (Å²) in [5.41, 5.74) is 4.05. The Kier molecular flexibility index (Phi) is 11.5. The summed E-state index contributed by atoms with van der Waals surface area (Å²) in [4.78, 5) is 58.1. The van der Waals surface area contributed by atoms with Gasteiger partial charge in [-0.05, 0) is 106 Å². The number of anilines is 1. The molecule has 1 saturated carbocycles. The number of hydrogen-bond acceptors (Lipinski definition) is 10. The van der Waals surface area contributed by atoms with Crippen LogP contribution in [0.1, 0.15) is 87.8 Å². The molecule has 7 rings (SSSR count). The molecule has 2 aliphatic heterocycles. The topological polar surface area (TPSA) is 156 Å². The Balaban J connectivity index is 1.21. The predicted octanol–water partition coefficient (Wildman–Crippen LogP) is 7.77. The lowest BCUT2D eigenvalue weighted by Crippen LogP contribution is -2.58. The van der Waals surface area contributed by atoms with Crippen molar-refractivity contribution in [1.82, 2.24) is 15.2 Å². The van der Waals surface area contributed by atoms with Crippen LogP contribution in [0.25, 0.3) is 0 Å². The van der Waals surface area contributed by atoms with Gasteiger partial charge in [0.15, 0.2) is 6.04 Å². The maximum atomic E-state index is 13.9. The molecule has 3 heterocycles. The van der Waals surface area contributed by atoms with Gasteiger partial charge in [-0.3, -0.25) is 4.99 Å². The molecule has 0 radical (unpaired) electrons. The number of rotatable bonds is 12. The van der Waals surface area contributed by atoms with Gasteiger partial charge in [0, 0.05) is 29.6 Å².